The molecular weight excluding hydrogens is 414 g/mol. The largest absolute Gasteiger partial charge is 0.477 e. The Morgan fingerprint density at radius 3 is 2.45 bits per heavy atom. The Labute approximate surface area is 178 Å². The Morgan fingerprint density at radius 1 is 1.26 bits per heavy atom. The molecule has 0 aromatic heterocycles. The van der Waals surface area contributed by atoms with Gasteiger partial charge in [-0.25, -0.2) is 9.59 Å². The fraction of sp³-hybridized carbons (Fsp3) is 0.526. The van der Waals surface area contributed by atoms with Crippen molar-refractivity contribution < 1.29 is 44.3 Å². The maximum absolute atomic E-state index is 12.0. The number of anilines is 1. The van der Waals surface area contributed by atoms with Crippen LogP contribution in [0.25, 0.3) is 0 Å². The third-order valence-electron chi connectivity index (χ3n) is 4.83. The van der Waals surface area contributed by atoms with Crippen molar-refractivity contribution >= 4 is 23.6 Å². The summed E-state index contributed by atoms with van der Waals surface area (Å²) in [7, 11) is 1.05. The number of carboxylic acids is 1. The van der Waals surface area contributed by atoms with E-state index in [1.54, 1.807) is 30.3 Å². The molecule has 172 valence electrons. The van der Waals surface area contributed by atoms with E-state index in [9.17, 15) is 34.8 Å². The molecule has 0 aliphatic carbocycles. The van der Waals surface area contributed by atoms with Crippen molar-refractivity contribution in [2.45, 2.75) is 49.6 Å². The van der Waals surface area contributed by atoms with Crippen LogP contribution in [0.1, 0.15) is 13.3 Å². The Kier molecular flexibility index (Phi) is 8.30. The van der Waals surface area contributed by atoms with Gasteiger partial charge in [-0.2, -0.15) is 0 Å². The van der Waals surface area contributed by atoms with Crippen molar-refractivity contribution in [3.63, 3.8) is 0 Å². The summed E-state index contributed by atoms with van der Waals surface area (Å²) in [5.41, 5.74) is 0.505. The van der Waals surface area contributed by atoms with Crippen molar-refractivity contribution in [1.29, 1.82) is 0 Å². The molecule has 1 heterocycles. The van der Waals surface area contributed by atoms with E-state index in [1.165, 1.54) is 0 Å². The first-order valence-corrected chi connectivity index (χ1v) is 9.47. The Morgan fingerprint density at radius 2 is 1.90 bits per heavy atom. The van der Waals surface area contributed by atoms with E-state index in [0.29, 0.717) is 5.69 Å². The molecule has 1 aromatic rings. The molecule has 3 amide bonds. The fourth-order valence-corrected chi connectivity index (χ4v) is 3.25. The highest BCUT2D eigenvalue weighted by Gasteiger charge is 2.55. The summed E-state index contributed by atoms with van der Waals surface area (Å²) in [6, 6.07) is 6.61. The van der Waals surface area contributed by atoms with E-state index >= 15 is 0 Å². The summed E-state index contributed by atoms with van der Waals surface area (Å²) in [4.78, 5) is 35.1. The van der Waals surface area contributed by atoms with Crippen LogP contribution in [-0.4, -0.2) is 88.2 Å². The summed E-state index contributed by atoms with van der Waals surface area (Å²) >= 11 is 0. The predicted octanol–water partition coefficient (Wildman–Crippen LogP) is -1.39. The number of rotatable bonds is 8. The topological polar surface area (TPSA) is 187 Å². The zero-order valence-corrected chi connectivity index (χ0v) is 17.0. The number of ether oxygens (including phenoxy) is 2. The van der Waals surface area contributed by atoms with Gasteiger partial charge in [0.1, 0.15) is 12.2 Å². The minimum absolute atomic E-state index is 0.435. The van der Waals surface area contributed by atoms with Crippen molar-refractivity contribution in [3.05, 3.63) is 30.3 Å². The summed E-state index contributed by atoms with van der Waals surface area (Å²) < 4.78 is 10.3. The quantitative estimate of drug-likeness (QED) is 0.255. The molecule has 12 heteroatoms. The van der Waals surface area contributed by atoms with Crippen LogP contribution in [0.4, 0.5) is 10.5 Å². The lowest BCUT2D eigenvalue weighted by Crippen LogP contribution is -2.68. The van der Waals surface area contributed by atoms with Crippen LogP contribution in [0.2, 0.25) is 0 Å². The lowest BCUT2D eigenvalue weighted by Gasteiger charge is -2.46. The predicted molar refractivity (Wildman–Crippen MR) is 106 cm³/mol. The van der Waals surface area contributed by atoms with E-state index in [1.807, 2.05) is 0 Å². The number of aliphatic carboxylic acids is 1. The molecule has 2 rings (SSSR count). The summed E-state index contributed by atoms with van der Waals surface area (Å²) in [6.07, 6.45) is -6.97. The molecule has 0 spiro atoms. The standard InChI is InChI=1S/C19H27N3O9/c1-10(23)21-14-12(24)8-19(30-2,17(27)28)31-16(14)15(26)13(25)9-20-18(29)22-11-6-4-3-5-7-11/h3-7,12-16,24-26H,8-9H2,1-2H3,(H,21,23)(H,27,28)(H2,20,22,29)/t12-,13+,14+,15+,16+,19?/m0/s1. The molecule has 0 radical (unpaired) electrons. The van der Waals surface area contributed by atoms with Gasteiger partial charge in [0.05, 0.1) is 18.2 Å². The van der Waals surface area contributed by atoms with Gasteiger partial charge in [-0.15, -0.1) is 0 Å². The number of hydrogen-bond acceptors (Lipinski definition) is 8. The molecule has 1 aromatic carbocycles. The van der Waals surface area contributed by atoms with Gasteiger partial charge in [0, 0.05) is 32.7 Å². The molecule has 6 atom stereocenters. The Balaban J connectivity index is 2.09. The molecule has 1 unspecified atom stereocenters. The number of urea groups is 1. The van der Waals surface area contributed by atoms with Gasteiger partial charge in [-0.3, -0.25) is 4.79 Å². The second kappa shape index (κ2) is 10.5. The maximum atomic E-state index is 12.0. The number of aliphatic hydroxyl groups excluding tert-OH is 3. The molecular formula is C19H27N3O9. The van der Waals surface area contributed by atoms with Gasteiger partial charge in [-0.05, 0) is 12.1 Å². The first-order chi connectivity index (χ1) is 14.6. The third kappa shape index (κ3) is 6.12. The zero-order chi connectivity index (χ0) is 23.2. The molecule has 31 heavy (non-hydrogen) atoms. The lowest BCUT2D eigenvalue weighted by molar-refractivity contribution is -0.303. The molecule has 1 aliphatic heterocycles. The van der Waals surface area contributed by atoms with E-state index in [2.05, 4.69) is 16.0 Å². The van der Waals surface area contributed by atoms with Gasteiger partial charge in [0.25, 0.3) is 5.79 Å². The van der Waals surface area contributed by atoms with Crippen LogP contribution in [0.3, 0.4) is 0 Å². The molecule has 7 N–H and O–H groups in total. The minimum atomic E-state index is -2.29. The number of para-hydroxylation sites is 1. The summed E-state index contributed by atoms with van der Waals surface area (Å²) in [5.74, 6) is -4.42. The van der Waals surface area contributed by atoms with Gasteiger partial charge in [0.15, 0.2) is 0 Å². The SMILES string of the molecule is COC1(C(=O)O)C[C@H](O)[C@@H](NC(C)=O)[C@H]([C@H](O)[C@H](O)CNC(=O)Nc2ccccc2)O1. The van der Waals surface area contributed by atoms with Crippen LogP contribution < -0.4 is 16.0 Å². The number of carbonyl (C=O) groups excluding carboxylic acids is 2. The molecule has 1 saturated heterocycles. The molecule has 1 aliphatic rings. The van der Waals surface area contributed by atoms with Gasteiger partial charge >= 0.3 is 12.0 Å². The monoisotopic (exact) mass is 441 g/mol. The van der Waals surface area contributed by atoms with Crippen molar-refractivity contribution in [3.8, 4) is 0 Å². The van der Waals surface area contributed by atoms with E-state index in [4.69, 9.17) is 9.47 Å². The minimum Gasteiger partial charge on any atom is -0.477 e. The highest BCUT2D eigenvalue weighted by molar-refractivity contribution is 5.89. The first-order valence-electron chi connectivity index (χ1n) is 9.47. The van der Waals surface area contributed by atoms with Gasteiger partial charge in [-0.1, -0.05) is 18.2 Å². The average molecular weight is 441 g/mol. The van der Waals surface area contributed by atoms with Crippen molar-refractivity contribution in [1.82, 2.24) is 10.6 Å². The second-order valence-electron chi connectivity index (χ2n) is 7.10. The molecule has 12 nitrogen and oxygen atoms in total. The van der Waals surface area contributed by atoms with Gasteiger partial charge < -0.3 is 45.9 Å². The zero-order valence-electron chi connectivity index (χ0n) is 17.0. The number of amides is 3. The average Bonchev–Trinajstić information content (AvgIpc) is 2.73. The number of hydrogen-bond donors (Lipinski definition) is 7. The van der Waals surface area contributed by atoms with Crippen LogP contribution in [-0.2, 0) is 19.1 Å². The first kappa shape index (κ1) is 24.5. The third-order valence-corrected chi connectivity index (χ3v) is 4.83. The Bertz CT molecular complexity index is 778. The van der Waals surface area contributed by atoms with Gasteiger partial charge in [0.2, 0.25) is 5.91 Å². The van der Waals surface area contributed by atoms with Crippen molar-refractivity contribution in [2.24, 2.45) is 0 Å². The van der Waals surface area contributed by atoms with Crippen LogP contribution in [0.15, 0.2) is 30.3 Å². The number of methoxy groups -OCH3 is 1. The number of carboxylic acid groups (broad SMARTS) is 1. The number of carbonyl (C=O) groups is 3. The van der Waals surface area contributed by atoms with Crippen LogP contribution >= 0.6 is 0 Å². The van der Waals surface area contributed by atoms with Crippen LogP contribution in [0.5, 0.6) is 0 Å². The maximum Gasteiger partial charge on any atom is 0.364 e. The van der Waals surface area contributed by atoms with Crippen molar-refractivity contribution in [2.75, 3.05) is 19.0 Å². The number of benzene rings is 1. The smallest absolute Gasteiger partial charge is 0.364 e. The highest BCUT2D eigenvalue weighted by atomic mass is 16.7. The number of nitrogens with one attached hydrogen (secondary N) is 3. The normalized spacial score (nSPS) is 27.6. The van der Waals surface area contributed by atoms with E-state index in [-0.39, 0.29) is 0 Å². The second-order valence-corrected chi connectivity index (χ2v) is 7.10. The lowest BCUT2D eigenvalue weighted by atomic mass is 9.88. The number of aliphatic hydroxyl groups is 3. The molecule has 1 fully saturated rings. The fourth-order valence-electron chi connectivity index (χ4n) is 3.25. The van der Waals surface area contributed by atoms with Crippen LogP contribution in [0, 0.1) is 0 Å². The van der Waals surface area contributed by atoms with E-state index in [0.717, 1.165) is 14.0 Å². The highest BCUT2D eigenvalue weighted by Crippen LogP contribution is 2.32. The molecule has 0 saturated carbocycles. The molecule has 0 bridgehead atoms. The summed E-state index contributed by atoms with van der Waals surface area (Å²) in [5, 5.41) is 48.1. The summed E-state index contributed by atoms with van der Waals surface area (Å²) in [6.45, 7) is 0.729. The Hall–Kier alpha value is -2.77. The van der Waals surface area contributed by atoms with E-state index < -0.39 is 67.1 Å².